The molecule has 2 aromatic heterocycles. The number of aromatic nitrogens is 3. The first kappa shape index (κ1) is 31.2. The lowest BCUT2D eigenvalue weighted by molar-refractivity contribution is -0.151. The van der Waals surface area contributed by atoms with E-state index in [4.69, 9.17) is 24.3 Å². The summed E-state index contributed by atoms with van der Waals surface area (Å²) in [5.41, 5.74) is 2.18. The van der Waals surface area contributed by atoms with Gasteiger partial charge in [0, 0.05) is 6.20 Å². The summed E-state index contributed by atoms with van der Waals surface area (Å²) in [5, 5.41) is 22.1. The Balaban J connectivity index is 1.64. The van der Waals surface area contributed by atoms with Gasteiger partial charge in [0.2, 0.25) is 5.95 Å². The molecule has 0 amide bonds. The minimum Gasteiger partial charge on any atom is -0.463 e. The van der Waals surface area contributed by atoms with E-state index in [9.17, 15) is 28.8 Å². The van der Waals surface area contributed by atoms with Crippen molar-refractivity contribution < 1.29 is 42.5 Å². The van der Waals surface area contributed by atoms with Gasteiger partial charge in [0.25, 0.3) is 5.56 Å². The van der Waals surface area contributed by atoms with E-state index in [0.717, 1.165) is 10.8 Å². The van der Waals surface area contributed by atoms with E-state index < -0.39 is 73.0 Å². The SMILES string of the molecule is CC#CC1(O)[C@@H](O)[C@@H](CO[P@@](=O)(C[C@@H](C)C(=O)OC(C)C)Oc2ccccc2)O[C@H]1n1cc(F)c2c(=O)[nH]c(N)nc21. The molecule has 0 radical (unpaired) electrons. The molecule has 6 atom stereocenters. The minimum absolute atomic E-state index is 0.201. The molecule has 1 aliphatic rings. The van der Waals surface area contributed by atoms with Crippen LogP contribution in [-0.4, -0.2) is 67.4 Å². The average molecular weight is 607 g/mol. The molecule has 1 saturated heterocycles. The number of H-pyrrole nitrogens is 1. The maximum absolute atomic E-state index is 14.8. The standard InChI is InChI=1S/C27H32FN4O9P/c1-5-11-27(36)21(33)19(40-25(27)32-12-18(28)20-22(32)30-26(29)31-23(20)34)13-38-42(37,41-17-9-7-6-8-10-17)14-16(4)24(35)39-15(2)3/h6-10,12,15-16,19,21,25,33,36H,13-14H2,1-4H3,(H3,29,30,31,34)/t16-,19-,21+,25-,27?,42+/m1/s1. The Kier molecular flexibility index (Phi) is 9.10. The predicted octanol–water partition coefficient (Wildman–Crippen LogP) is 2.33. The van der Waals surface area contributed by atoms with Gasteiger partial charge in [-0.2, -0.15) is 4.98 Å². The molecule has 15 heteroatoms. The van der Waals surface area contributed by atoms with Gasteiger partial charge in [-0.25, -0.2) is 8.96 Å². The van der Waals surface area contributed by atoms with Gasteiger partial charge in [-0.3, -0.25) is 23.7 Å². The van der Waals surface area contributed by atoms with Crippen LogP contribution in [0, 0.1) is 23.6 Å². The van der Waals surface area contributed by atoms with Crippen LogP contribution in [0.15, 0.2) is 41.3 Å². The lowest BCUT2D eigenvalue weighted by Gasteiger charge is -2.27. The molecule has 0 aliphatic carbocycles. The molecule has 1 fully saturated rings. The Hall–Kier alpha value is -3.73. The molecular weight excluding hydrogens is 574 g/mol. The van der Waals surface area contributed by atoms with Crippen LogP contribution < -0.4 is 15.8 Å². The van der Waals surface area contributed by atoms with Gasteiger partial charge in [-0.15, -0.1) is 5.92 Å². The van der Waals surface area contributed by atoms with E-state index in [2.05, 4.69) is 21.8 Å². The summed E-state index contributed by atoms with van der Waals surface area (Å²) in [6.45, 7) is 5.67. The number of carbonyl (C=O) groups is 1. The average Bonchev–Trinajstić information content (AvgIpc) is 3.36. The van der Waals surface area contributed by atoms with Crippen molar-refractivity contribution in [1.29, 1.82) is 0 Å². The van der Waals surface area contributed by atoms with Crippen LogP contribution in [0.5, 0.6) is 5.75 Å². The summed E-state index contributed by atoms with van der Waals surface area (Å²) < 4.78 is 52.2. The molecular formula is C27H32FN4O9P. The summed E-state index contributed by atoms with van der Waals surface area (Å²) in [5.74, 6) is 2.38. The highest BCUT2D eigenvalue weighted by atomic mass is 31.2. The van der Waals surface area contributed by atoms with Crippen LogP contribution in [0.3, 0.4) is 0 Å². The number of aliphatic hydroxyl groups excluding tert-OH is 1. The van der Waals surface area contributed by atoms with Gasteiger partial charge in [0.05, 0.1) is 24.8 Å². The predicted molar refractivity (Wildman–Crippen MR) is 149 cm³/mol. The second-order valence-electron chi connectivity index (χ2n) is 10.1. The third-order valence-electron chi connectivity index (χ3n) is 6.39. The third-order valence-corrected chi connectivity index (χ3v) is 8.42. The second-order valence-corrected chi connectivity index (χ2v) is 12.1. The zero-order chi connectivity index (χ0) is 30.8. The highest BCUT2D eigenvalue weighted by Crippen LogP contribution is 2.51. The molecule has 3 aromatic rings. The number of nitrogens with two attached hydrogens (primary N) is 1. The summed E-state index contributed by atoms with van der Waals surface area (Å²) in [7, 11) is -4.12. The number of nitrogen functional groups attached to an aromatic ring is 1. The summed E-state index contributed by atoms with van der Waals surface area (Å²) in [6, 6.07) is 8.13. The Bertz CT molecular complexity index is 1620. The van der Waals surface area contributed by atoms with Crippen LogP contribution in [0.2, 0.25) is 0 Å². The molecule has 1 aliphatic heterocycles. The molecule has 1 aromatic carbocycles. The zero-order valence-corrected chi connectivity index (χ0v) is 24.2. The molecule has 226 valence electrons. The van der Waals surface area contributed by atoms with Crippen molar-refractivity contribution in [2.24, 2.45) is 5.92 Å². The van der Waals surface area contributed by atoms with Crippen LogP contribution in [-0.2, 0) is 23.4 Å². The van der Waals surface area contributed by atoms with Crippen molar-refractivity contribution in [2.75, 3.05) is 18.5 Å². The number of rotatable bonds is 10. The molecule has 3 heterocycles. The fourth-order valence-corrected chi connectivity index (χ4v) is 6.40. The van der Waals surface area contributed by atoms with E-state index >= 15 is 0 Å². The number of hydrogen-bond donors (Lipinski definition) is 4. The number of para-hydroxylation sites is 1. The van der Waals surface area contributed by atoms with Crippen molar-refractivity contribution in [1.82, 2.24) is 14.5 Å². The summed E-state index contributed by atoms with van der Waals surface area (Å²) >= 11 is 0. The molecule has 0 bridgehead atoms. The van der Waals surface area contributed by atoms with Crippen LogP contribution in [0.25, 0.3) is 11.0 Å². The van der Waals surface area contributed by atoms with E-state index in [1.807, 2.05) is 0 Å². The second kappa shape index (κ2) is 12.2. The number of anilines is 1. The Morgan fingerprint density at radius 1 is 1.33 bits per heavy atom. The highest BCUT2D eigenvalue weighted by Gasteiger charge is 2.56. The maximum atomic E-state index is 14.8. The summed E-state index contributed by atoms with van der Waals surface area (Å²) in [6.07, 6.45) is -4.67. The first-order chi connectivity index (χ1) is 19.8. The van der Waals surface area contributed by atoms with E-state index in [-0.39, 0.29) is 23.5 Å². The van der Waals surface area contributed by atoms with Crippen molar-refractivity contribution in [3.05, 3.63) is 52.7 Å². The number of halogens is 1. The monoisotopic (exact) mass is 606 g/mol. The van der Waals surface area contributed by atoms with Gasteiger partial charge in [0.1, 0.15) is 23.3 Å². The van der Waals surface area contributed by atoms with E-state index in [1.54, 1.807) is 44.2 Å². The quantitative estimate of drug-likeness (QED) is 0.151. The summed E-state index contributed by atoms with van der Waals surface area (Å²) in [4.78, 5) is 30.9. The van der Waals surface area contributed by atoms with E-state index in [1.165, 1.54) is 13.8 Å². The fourth-order valence-electron chi connectivity index (χ4n) is 4.53. The number of benzene rings is 1. The molecule has 0 spiro atoms. The van der Waals surface area contributed by atoms with Crippen LogP contribution in [0.4, 0.5) is 10.3 Å². The number of ether oxygens (including phenoxy) is 2. The molecule has 1 unspecified atom stereocenters. The highest BCUT2D eigenvalue weighted by molar-refractivity contribution is 7.54. The first-order valence-electron chi connectivity index (χ1n) is 13.0. The lowest BCUT2D eigenvalue weighted by atomic mass is 9.94. The number of hydrogen-bond acceptors (Lipinski definition) is 11. The minimum atomic E-state index is -4.12. The Morgan fingerprint density at radius 3 is 2.67 bits per heavy atom. The topological polar surface area (TPSA) is 188 Å². The van der Waals surface area contributed by atoms with Crippen molar-refractivity contribution in [3.63, 3.8) is 0 Å². The maximum Gasteiger partial charge on any atom is 0.380 e. The van der Waals surface area contributed by atoms with Gasteiger partial charge < -0.3 is 29.9 Å². The van der Waals surface area contributed by atoms with Crippen molar-refractivity contribution in [3.8, 4) is 17.6 Å². The fraction of sp³-hybridized carbons (Fsp3) is 0.444. The zero-order valence-electron chi connectivity index (χ0n) is 23.3. The number of carbonyl (C=O) groups excluding carboxylic acids is 1. The number of esters is 1. The molecule has 4 rings (SSSR count). The molecule has 42 heavy (non-hydrogen) atoms. The van der Waals surface area contributed by atoms with Crippen molar-refractivity contribution >= 4 is 30.5 Å². The van der Waals surface area contributed by atoms with Gasteiger partial charge >= 0.3 is 13.6 Å². The third kappa shape index (κ3) is 6.35. The number of nitrogens with zero attached hydrogens (tertiary/aromatic N) is 2. The number of nitrogens with one attached hydrogen (secondary N) is 1. The molecule has 5 N–H and O–H groups in total. The molecule has 0 saturated carbocycles. The van der Waals surface area contributed by atoms with Crippen molar-refractivity contribution in [2.45, 2.75) is 57.8 Å². The normalized spacial score (nSPS) is 24.1. The first-order valence-corrected chi connectivity index (χ1v) is 14.7. The number of aliphatic hydroxyl groups is 2. The largest absolute Gasteiger partial charge is 0.463 e. The number of fused-ring (bicyclic) bond motifs is 1. The number of aromatic amines is 1. The Morgan fingerprint density at radius 2 is 2.02 bits per heavy atom. The van der Waals surface area contributed by atoms with Crippen LogP contribution in [0.1, 0.15) is 33.9 Å². The smallest absolute Gasteiger partial charge is 0.380 e. The van der Waals surface area contributed by atoms with Gasteiger partial charge in [0.15, 0.2) is 23.3 Å². The van der Waals surface area contributed by atoms with Crippen LogP contribution >= 0.6 is 7.60 Å². The van der Waals surface area contributed by atoms with E-state index in [0.29, 0.717) is 0 Å². The Labute approximate surface area is 240 Å². The molecule has 13 nitrogen and oxygen atoms in total. The lowest BCUT2D eigenvalue weighted by Crippen LogP contribution is -2.46. The van der Waals surface area contributed by atoms with Gasteiger partial charge in [-0.05, 0) is 32.9 Å². The van der Waals surface area contributed by atoms with Gasteiger partial charge in [-0.1, -0.05) is 31.0 Å².